The third-order valence-corrected chi connectivity index (χ3v) is 4.81. The number of thiophene rings is 1. The SMILES string of the molecule is COCc1ccc(CNC(=O)c2ccc(NC(=O)c3cccs3)cc2)cc1. The fourth-order valence-electron chi connectivity index (χ4n) is 2.51. The van der Waals surface area contributed by atoms with Gasteiger partial charge in [0, 0.05) is 24.9 Å². The molecule has 0 bridgehead atoms. The van der Waals surface area contributed by atoms with Crippen molar-refractivity contribution in [2.75, 3.05) is 12.4 Å². The van der Waals surface area contributed by atoms with E-state index in [1.165, 1.54) is 11.3 Å². The number of hydrogen-bond acceptors (Lipinski definition) is 4. The lowest BCUT2D eigenvalue weighted by molar-refractivity contribution is 0.0950. The summed E-state index contributed by atoms with van der Waals surface area (Å²) in [5.41, 5.74) is 3.30. The van der Waals surface area contributed by atoms with Crippen LogP contribution < -0.4 is 10.6 Å². The van der Waals surface area contributed by atoms with Gasteiger partial charge in [0.05, 0.1) is 11.5 Å². The standard InChI is InChI=1S/C21H20N2O3S/c1-26-14-16-6-4-15(5-7-16)13-22-20(24)17-8-10-18(11-9-17)23-21(25)19-3-2-12-27-19/h2-12H,13-14H2,1H3,(H,22,24)(H,23,25). The number of benzene rings is 2. The largest absolute Gasteiger partial charge is 0.380 e. The minimum Gasteiger partial charge on any atom is -0.380 e. The molecule has 5 nitrogen and oxygen atoms in total. The molecule has 0 aliphatic rings. The summed E-state index contributed by atoms with van der Waals surface area (Å²) < 4.78 is 5.08. The van der Waals surface area contributed by atoms with Gasteiger partial charge in [-0.05, 0) is 46.8 Å². The minimum absolute atomic E-state index is 0.154. The van der Waals surface area contributed by atoms with Crippen LogP contribution in [0.5, 0.6) is 0 Å². The molecule has 0 aliphatic carbocycles. The topological polar surface area (TPSA) is 67.4 Å². The molecule has 138 valence electrons. The van der Waals surface area contributed by atoms with Crippen molar-refractivity contribution in [3.63, 3.8) is 0 Å². The van der Waals surface area contributed by atoms with Crippen molar-refractivity contribution in [2.24, 2.45) is 0 Å². The molecule has 0 fully saturated rings. The van der Waals surface area contributed by atoms with Gasteiger partial charge in [0.25, 0.3) is 11.8 Å². The van der Waals surface area contributed by atoms with Gasteiger partial charge in [-0.25, -0.2) is 0 Å². The van der Waals surface area contributed by atoms with Crippen LogP contribution in [0.25, 0.3) is 0 Å². The smallest absolute Gasteiger partial charge is 0.265 e. The van der Waals surface area contributed by atoms with Gasteiger partial charge < -0.3 is 15.4 Å². The van der Waals surface area contributed by atoms with Crippen molar-refractivity contribution < 1.29 is 14.3 Å². The van der Waals surface area contributed by atoms with Gasteiger partial charge >= 0.3 is 0 Å². The van der Waals surface area contributed by atoms with Crippen molar-refractivity contribution in [3.8, 4) is 0 Å². The lowest BCUT2D eigenvalue weighted by Crippen LogP contribution is -2.22. The van der Waals surface area contributed by atoms with Gasteiger partial charge in [-0.3, -0.25) is 9.59 Å². The number of hydrogen-bond donors (Lipinski definition) is 2. The first-order chi connectivity index (χ1) is 13.2. The Balaban J connectivity index is 1.53. The van der Waals surface area contributed by atoms with Crippen LogP contribution in [-0.4, -0.2) is 18.9 Å². The maximum Gasteiger partial charge on any atom is 0.265 e. The zero-order valence-electron chi connectivity index (χ0n) is 14.9. The molecule has 2 aromatic carbocycles. The van der Waals surface area contributed by atoms with Crippen LogP contribution in [-0.2, 0) is 17.9 Å². The minimum atomic E-state index is -0.160. The molecule has 0 atom stereocenters. The molecule has 0 radical (unpaired) electrons. The van der Waals surface area contributed by atoms with E-state index in [1.54, 1.807) is 37.4 Å². The average Bonchev–Trinajstić information content (AvgIpc) is 3.23. The molecule has 3 rings (SSSR count). The Labute approximate surface area is 162 Å². The molecule has 0 aliphatic heterocycles. The Morgan fingerprint density at radius 3 is 2.26 bits per heavy atom. The first kappa shape index (κ1) is 18.8. The summed E-state index contributed by atoms with van der Waals surface area (Å²) in [6.45, 7) is 1.02. The lowest BCUT2D eigenvalue weighted by atomic mass is 10.1. The van der Waals surface area contributed by atoms with Crippen LogP contribution in [0.15, 0.2) is 66.0 Å². The number of carbonyl (C=O) groups excluding carboxylic acids is 2. The second kappa shape index (κ2) is 9.12. The number of methoxy groups -OCH3 is 1. The Hall–Kier alpha value is -2.96. The summed E-state index contributed by atoms with van der Waals surface area (Å²) in [7, 11) is 1.66. The zero-order valence-corrected chi connectivity index (χ0v) is 15.7. The quantitative estimate of drug-likeness (QED) is 0.649. The summed E-state index contributed by atoms with van der Waals surface area (Å²) in [5, 5.41) is 7.56. The molecule has 1 aromatic heterocycles. The molecule has 27 heavy (non-hydrogen) atoms. The molecular formula is C21H20N2O3S. The van der Waals surface area contributed by atoms with Crippen molar-refractivity contribution in [1.29, 1.82) is 0 Å². The van der Waals surface area contributed by atoms with E-state index in [4.69, 9.17) is 4.74 Å². The molecule has 3 aromatic rings. The third kappa shape index (κ3) is 5.26. The van der Waals surface area contributed by atoms with Crippen molar-refractivity contribution in [3.05, 3.63) is 87.6 Å². The molecule has 6 heteroatoms. The van der Waals surface area contributed by atoms with E-state index in [0.29, 0.717) is 29.3 Å². The Morgan fingerprint density at radius 2 is 1.63 bits per heavy atom. The second-order valence-electron chi connectivity index (χ2n) is 5.94. The summed E-state index contributed by atoms with van der Waals surface area (Å²) in [6, 6.07) is 18.3. The van der Waals surface area contributed by atoms with Crippen molar-refractivity contribution in [1.82, 2.24) is 5.32 Å². The van der Waals surface area contributed by atoms with Gasteiger partial charge in [-0.2, -0.15) is 0 Å². The van der Waals surface area contributed by atoms with Gasteiger partial charge in [0.1, 0.15) is 0 Å². The van der Waals surface area contributed by atoms with E-state index in [9.17, 15) is 9.59 Å². The van der Waals surface area contributed by atoms with Gasteiger partial charge in [-0.15, -0.1) is 11.3 Å². The molecular weight excluding hydrogens is 360 g/mol. The monoisotopic (exact) mass is 380 g/mol. The number of carbonyl (C=O) groups is 2. The third-order valence-electron chi connectivity index (χ3n) is 3.94. The highest BCUT2D eigenvalue weighted by Gasteiger charge is 2.09. The Kier molecular flexibility index (Phi) is 6.35. The highest BCUT2D eigenvalue weighted by Crippen LogP contribution is 2.14. The summed E-state index contributed by atoms with van der Waals surface area (Å²) in [4.78, 5) is 25.0. The van der Waals surface area contributed by atoms with E-state index < -0.39 is 0 Å². The molecule has 0 saturated carbocycles. The van der Waals surface area contributed by atoms with Crippen LogP contribution in [0.2, 0.25) is 0 Å². The number of nitrogens with one attached hydrogen (secondary N) is 2. The highest BCUT2D eigenvalue weighted by atomic mass is 32.1. The summed E-state index contributed by atoms with van der Waals surface area (Å²) >= 11 is 1.38. The number of anilines is 1. The molecule has 2 amide bonds. The molecule has 0 spiro atoms. The van der Waals surface area contributed by atoms with Gasteiger partial charge in [-0.1, -0.05) is 30.3 Å². The van der Waals surface area contributed by atoms with E-state index in [-0.39, 0.29) is 11.8 Å². The fraction of sp³-hybridized carbons (Fsp3) is 0.143. The van der Waals surface area contributed by atoms with Crippen molar-refractivity contribution in [2.45, 2.75) is 13.2 Å². The Morgan fingerprint density at radius 1 is 0.926 bits per heavy atom. The summed E-state index contributed by atoms with van der Waals surface area (Å²) in [6.07, 6.45) is 0. The maximum atomic E-state index is 12.3. The molecule has 2 N–H and O–H groups in total. The highest BCUT2D eigenvalue weighted by molar-refractivity contribution is 7.12. The Bertz CT molecular complexity index is 888. The van der Waals surface area contributed by atoms with Crippen LogP contribution in [0.3, 0.4) is 0 Å². The normalized spacial score (nSPS) is 10.4. The maximum absolute atomic E-state index is 12.3. The fourth-order valence-corrected chi connectivity index (χ4v) is 3.13. The molecule has 0 unspecified atom stereocenters. The second-order valence-corrected chi connectivity index (χ2v) is 6.89. The van der Waals surface area contributed by atoms with Crippen LogP contribution in [0, 0.1) is 0 Å². The predicted molar refractivity (Wildman–Crippen MR) is 107 cm³/mol. The molecule has 1 heterocycles. The van der Waals surface area contributed by atoms with Gasteiger partial charge in [0.15, 0.2) is 0 Å². The van der Waals surface area contributed by atoms with E-state index in [1.807, 2.05) is 35.7 Å². The number of ether oxygens (including phenoxy) is 1. The van der Waals surface area contributed by atoms with Crippen LogP contribution >= 0.6 is 11.3 Å². The van der Waals surface area contributed by atoms with E-state index in [0.717, 1.165) is 11.1 Å². The van der Waals surface area contributed by atoms with E-state index in [2.05, 4.69) is 10.6 Å². The average molecular weight is 380 g/mol. The predicted octanol–water partition coefficient (Wildman–Crippen LogP) is 4.08. The number of amides is 2. The molecule has 0 saturated heterocycles. The summed E-state index contributed by atoms with van der Waals surface area (Å²) in [5.74, 6) is -0.314. The first-order valence-electron chi connectivity index (χ1n) is 8.45. The number of rotatable bonds is 7. The van der Waals surface area contributed by atoms with Crippen molar-refractivity contribution >= 4 is 28.8 Å². The van der Waals surface area contributed by atoms with Gasteiger partial charge in [0.2, 0.25) is 0 Å². The first-order valence-corrected chi connectivity index (χ1v) is 9.33. The van der Waals surface area contributed by atoms with Crippen LogP contribution in [0.4, 0.5) is 5.69 Å². The van der Waals surface area contributed by atoms with E-state index >= 15 is 0 Å². The zero-order chi connectivity index (χ0) is 19.1. The van der Waals surface area contributed by atoms with Crippen LogP contribution in [0.1, 0.15) is 31.2 Å². The lowest BCUT2D eigenvalue weighted by Gasteiger charge is -2.08.